The van der Waals surface area contributed by atoms with E-state index < -0.39 is 5.60 Å². The normalized spacial score (nSPS) is 55.7. The molecule has 0 aromatic rings. The van der Waals surface area contributed by atoms with Gasteiger partial charge in [0.25, 0.3) is 0 Å². The minimum atomic E-state index is -0.586. The van der Waals surface area contributed by atoms with Crippen LogP contribution in [0, 0.1) is 34.5 Å². The van der Waals surface area contributed by atoms with Gasteiger partial charge in [-0.05, 0) is 81.5 Å². The number of carbonyl (C=O) groups excluding carboxylic acids is 1. The molecular formula is C21H34O2. The Morgan fingerprint density at radius 2 is 1.70 bits per heavy atom. The molecule has 0 aromatic carbocycles. The zero-order valence-electron chi connectivity index (χ0n) is 15.2. The van der Waals surface area contributed by atoms with Gasteiger partial charge in [-0.1, -0.05) is 26.7 Å². The van der Waals surface area contributed by atoms with E-state index in [9.17, 15) is 9.90 Å². The summed E-state index contributed by atoms with van der Waals surface area (Å²) in [6.07, 6.45) is 12.1. The molecule has 0 bridgehead atoms. The third-order valence-electron chi connectivity index (χ3n) is 9.26. The van der Waals surface area contributed by atoms with Gasteiger partial charge in [0.15, 0.2) is 0 Å². The summed E-state index contributed by atoms with van der Waals surface area (Å²) in [6.45, 7) is 6.52. The SMILES string of the molecule is CC(=O)[C@H]1CC[C@]2(O)[C@@H]3CCC4CCCC[C@]4(C)[C@H]3CC[C@]12C. The van der Waals surface area contributed by atoms with Gasteiger partial charge < -0.3 is 5.11 Å². The largest absolute Gasteiger partial charge is 0.389 e. The van der Waals surface area contributed by atoms with E-state index in [0.717, 1.165) is 25.2 Å². The number of hydrogen-bond donors (Lipinski definition) is 1. The first-order valence-electron chi connectivity index (χ1n) is 10.1. The minimum absolute atomic E-state index is 0.0883. The van der Waals surface area contributed by atoms with Crippen molar-refractivity contribution in [3.63, 3.8) is 0 Å². The molecule has 7 atom stereocenters. The summed E-state index contributed by atoms with van der Waals surface area (Å²) in [7, 11) is 0. The second-order valence-electron chi connectivity index (χ2n) is 9.82. The molecule has 0 amide bonds. The van der Waals surface area contributed by atoms with Crippen LogP contribution >= 0.6 is 0 Å². The minimum Gasteiger partial charge on any atom is -0.389 e. The first kappa shape index (κ1) is 16.1. The average molecular weight is 319 g/mol. The highest BCUT2D eigenvalue weighted by Crippen LogP contribution is 2.69. The predicted molar refractivity (Wildman–Crippen MR) is 92.0 cm³/mol. The van der Waals surface area contributed by atoms with Gasteiger partial charge in [0.1, 0.15) is 5.78 Å². The monoisotopic (exact) mass is 318 g/mol. The zero-order valence-corrected chi connectivity index (χ0v) is 15.2. The van der Waals surface area contributed by atoms with Crippen LogP contribution < -0.4 is 0 Å². The second-order valence-corrected chi connectivity index (χ2v) is 9.82. The average Bonchev–Trinajstić information content (AvgIpc) is 2.78. The van der Waals surface area contributed by atoms with Gasteiger partial charge in [-0.25, -0.2) is 0 Å². The maximum atomic E-state index is 12.2. The van der Waals surface area contributed by atoms with Crippen LogP contribution in [0.4, 0.5) is 0 Å². The fourth-order valence-corrected chi connectivity index (χ4v) is 7.91. The molecule has 0 aliphatic heterocycles. The van der Waals surface area contributed by atoms with Gasteiger partial charge in [0.2, 0.25) is 0 Å². The van der Waals surface area contributed by atoms with Crippen molar-refractivity contribution in [2.75, 3.05) is 0 Å². The van der Waals surface area contributed by atoms with E-state index in [1.54, 1.807) is 6.92 Å². The van der Waals surface area contributed by atoms with Crippen LogP contribution in [-0.4, -0.2) is 16.5 Å². The van der Waals surface area contributed by atoms with E-state index in [2.05, 4.69) is 13.8 Å². The molecule has 0 heterocycles. The van der Waals surface area contributed by atoms with Crippen molar-refractivity contribution in [3.8, 4) is 0 Å². The highest BCUT2D eigenvalue weighted by Gasteiger charge is 2.67. The van der Waals surface area contributed by atoms with Crippen LogP contribution in [0.1, 0.15) is 85.0 Å². The third-order valence-corrected chi connectivity index (χ3v) is 9.26. The lowest BCUT2D eigenvalue weighted by Crippen LogP contribution is -2.62. The van der Waals surface area contributed by atoms with Gasteiger partial charge in [-0.3, -0.25) is 4.79 Å². The molecule has 0 saturated heterocycles. The summed E-state index contributed by atoms with van der Waals surface area (Å²) in [6, 6.07) is 0. The Balaban J connectivity index is 1.70. The molecule has 4 saturated carbocycles. The van der Waals surface area contributed by atoms with Gasteiger partial charge in [-0.15, -0.1) is 0 Å². The molecule has 4 aliphatic rings. The fraction of sp³-hybridized carbons (Fsp3) is 0.952. The Bertz CT molecular complexity index is 514. The van der Waals surface area contributed by atoms with Crippen LogP contribution in [-0.2, 0) is 4.79 Å². The first-order valence-corrected chi connectivity index (χ1v) is 10.1. The van der Waals surface area contributed by atoms with E-state index in [-0.39, 0.29) is 11.3 Å². The van der Waals surface area contributed by atoms with E-state index >= 15 is 0 Å². The maximum absolute atomic E-state index is 12.2. The van der Waals surface area contributed by atoms with Crippen LogP contribution in [0.2, 0.25) is 0 Å². The summed E-state index contributed by atoms with van der Waals surface area (Å²) in [5, 5.41) is 11.8. The van der Waals surface area contributed by atoms with E-state index in [0.29, 0.717) is 23.0 Å². The molecule has 0 aromatic heterocycles. The van der Waals surface area contributed by atoms with Crippen LogP contribution in [0.25, 0.3) is 0 Å². The van der Waals surface area contributed by atoms with E-state index in [4.69, 9.17) is 0 Å². The van der Waals surface area contributed by atoms with Crippen LogP contribution in [0.15, 0.2) is 0 Å². The lowest BCUT2D eigenvalue weighted by atomic mass is 9.43. The summed E-state index contributed by atoms with van der Waals surface area (Å²) in [5.41, 5.74) is -0.303. The summed E-state index contributed by atoms with van der Waals surface area (Å²) >= 11 is 0. The van der Waals surface area contributed by atoms with Gasteiger partial charge >= 0.3 is 0 Å². The van der Waals surface area contributed by atoms with Gasteiger partial charge in [0, 0.05) is 11.3 Å². The number of Topliss-reactive ketones (excluding diaryl/α,β-unsaturated/α-hetero) is 1. The van der Waals surface area contributed by atoms with Crippen molar-refractivity contribution in [1.29, 1.82) is 0 Å². The molecule has 1 unspecified atom stereocenters. The summed E-state index contributed by atoms with van der Waals surface area (Å²) in [5.74, 6) is 2.40. The zero-order chi connectivity index (χ0) is 16.5. The highest BCUT2D eigenvalue weighted by molar-refractivity contribution is 5.80. The molecule has 4 fully saturated rings. The molecule has 23 heavy (non-hydrogen) atoms. The highest BCUT2D eigenvalue weighted by atomic mass is 16.3. The summed E-state index contributed by atoms with van der Waals surface area (Å²) in [4.78, 5) is 12.2. The van der Waals surface area contributed by atoms with Crippen molar-refractivity contribution in [2.24, 2.45) is 34.5 Å². The fourth-order valence-electron chi connectivity index (χ4n) is 7.91. The first-order chi connectivity index (χ1) is 10.8. The van der Waals surface area contributed by atoms with Crippen molar-refractivity contribution in [1.82, 2.24) is 0 Å². The van der Waals surface area contributed by atoms with Crippen LogP contribution in [0.5, 0.6) is 0 Å². The van der Waals surface area contributed by atoms with Crippen molar-refractivity contribution in [3.05, 3.63) is 0 Å². The Morgan fingerprint density at radius 1 is 0.913 bits per heavy atom. The van der Waals surface area contributed by atoms with Crippen LogP contribution in [0.3, 0.4) is 0 Å². The van der Waals surface area contributed by atoms with Crippen molar-refractivity contribution in [2.45, 2.75) is 90.6 Å². The Labute approximate surface area is 141 Å². The lowest BCUT2D eigenvalue weighted by Gasteiger charge is -2.63. The maximum Gasteiger partial charge on any atom is 0.133 e. The third kappa shape index (κ3) is 1.94. The lowest BCUT2D eigenvalue weighted by molar-refractivity contribution is -0.205. The Morgan fingerprint density at radius 3 is 2.43 bits per heavy atom. The molecule has 4 rings (SSSR count). The molecular weight excluding hydrogens is 284 g/mol. The molecule has 1 N–H and O–H groups in total. The van der Waals surface area contributed by atoms with Gasteiger partial charge in [0.05, 0.1) is 5.60 Å². The molecule has 0 spiro atoms. The van der Waals surface area contributed by atoms with Crippen molar-refractivity contribution >= 4 is 5.78 Å². The summed E-state index contributed by atoms with van der Waals surface area (Å²) < 4.78 is 0. The van der Waals surface area contributed by atoms with E-state index in [1.165, 1.54) is 44.9 Å². The topological polar surface area (TPSA) is 37.3 Å². The molecule has 130 valence electrons. The number of rotatable bonds is 1. The number of ketones is 1. The molecule has 2 heteroatoms. The number of carbonyl (C=O) groups is 1. The molecule has 0 radical (unpaired) electrons. The van der Waals surface area contributed by atoms with Gasteiger partial charge in [-0.2, -0.15) is 0 Å². The van der Waals surface area contributed by atoms with Crippen molar-refractivity contribution < 1.29 is 9.90 Å². The smallest absolute Gasteiger partial charge is 0.133 e. The quantitative estimate of drug-likeness (QED) is 0.758. The number of hydrogen-bond acceptors (Lipinski definition) is 2. The van der Waals surface area contributed by atoms with E-state index in [1.807, 2.05) is 0 Å². The Hall–Kier alpha value is -0.370. The molecule has 2 nitrogen and oxygen atoms in total. The number of fused-ring (bicyclic) bond motifs is 5. The second kappa shape index (κ2) is 5.07. The number of aliphatic hydroxyl groups is 1. The molecule has 4 aliphatic carbocycles. The predicted octanol–water partition coefficient (Wildman–Crippen LogP) is 4.74. The Kier molecular flexibility index (Phi) is 3.55. The standard InChI is InChI=1S/C21H34O2/c1-14(22)16-10-13-21(23)18-8-7-15-6-4-5-11-19(15,2)17(18)9-12-20(16,21)3/h15-18,23H,4-13H2,1-3H3/t15?,16-,17+,18-,19+,20-,21+/m1/s1.